The zero-order valence-corrected chi connectivity index (χ0v) is 22.6. The van der Waals surface area contributed by atoms with Gasteiger partial charge < -0.3 is 15.7 Å². The highest BCUT2D eigenvalue weighted by atomic mass is 35.5. The van der Waals surface area contributed by atoms with Gasteiger partial charge in [-0.2, -0.15) is 5.26 Å². The van der Waals surface area contributed by atoms with Crippen molar-refractivity contribution in [3.63, 3.8) is 0 Å². The van der Waals surface area contributed by atoms with Crippen LogP contribution in [-0.2, 0) is 14.4 Å². The molecule has 1 aliphatic carbocycles. The van der Waals surface area contributed by atoms with Crippen LogP contribution in [0.5, 0.6) is 0 Å². The van der Waals surface area contributed by atoms with Crippen molar-refractivity contribution in [1.82, 2.24) is 15.3 Å². The number of alkyl halides is 2. The fourth-order valence-corrected chi connectivity index (χ4v) is 4.76. The van der Waals surface area contributed by atoms with E-state index in [9.17, 15) is 37.9 Å². The van der Waals surface area contributed by atoms with Crippen LogP contribution in [0, 0.1) is 17.1 Å². The predicted octanol–water partition coefficient (Wildman–Crippen LogP) is 4.47. The van der Waals surface area contributed by atoms with E-state index in [0.717, 1.165) is 23.4 Å². The Hall–Kier alpha value is -4.70. The summed E-state index contributed by atoms with van der Waals surface area (Å²) < 4.78 is 41.6. The second kappa shape index (κ2) is 12.9. The molecule has 0 saturated heterocycles. The van der Waals surface area contributed by atoms with Gasteiger partial charge in [-0.1, -0.05) is 29.8 Å². The van der Waals surface area contributed by atoms with Crippen molar-refractivity contribution in [3.8, 4) is 6.07 Å². The van der Waals surface area contributed by atoms with Gasteiger partial charge in [0.05, 0.1) is 29.7 Å². The Morgan fingerprint density at radius 3 is 2.57 bits per heavy atom. The van der Waals surface area contributed by atoms with Crippen LogP contribution >= 0.6 is 11.6 Å². The van der Waals surface area contributed by atoms with E-state index in [1.807, 2.05) is 6.07 Å². The molecule has 1 unspecified atom stereocenters. The number of carbonyl (C=O) groups is 3. The number of amides is 2. The van der Waals surface area contributed by atoms with E-state index in [-0.39, 0.29) is 34.1 Å². The zero-order chi connectivity index (χ0) is 30.4. The maximum atomic E-state index is 14.4. The van der Waals surface area contributed by atoms with Gasteiger partial charge in [0, 0.05) is 48.2 Å². The van der Waals surface area contributed by atoms with Crippen LogP contribution in [0.15, 0.2) is 61.1 Å². The highest BCUT2D eigenvalue weighted by Crippen LogP contribution is 2.39. The lowest BCUT2D eigenvalue weighted by atomic mass is 9.87. The molecule has 2 aromatic heterocycles. The first-order valence-corrected chi connectivity index (χ1v) is 13.1. The number of pyridine rings is 2. The van der Waals surface area contributed by atoms with Gasteiger partial charge in [0.2, 0.25) is 5.91 Å². The van der Waals surface area contributed by atoms with E-state index >= 15 is 0 Å². The van der Waals surface area contributed by atoms with Crippen LogP contribution in [-0.4, -0.2) is 50.9 Å². The third-order valence-corrected chi connectivity index (χ3v) is 6.85. The minimum Gasteiger partial charge on any atom is -0.481 e. The summed E-state index contributed by atoms with van der Waals surface area (Å²) in [6.45, 7) is 0. The van der Waals surface area contributed by atoms with E-state index in [2.05, 4.69) is 20.6 Å². The first-order chi connectivity index (χ1) is 20.0. The number of aliphatic carboxylic acids is 1. The molecule has 2 amide bonds. The lowest BCUT2D eigenvalue weighted by molar-refractivity contribution is -0.137. The van der Waals surface area contributed by atoms with E-state index in [1.54, 1.807) is 12.1 Å². The number of rotatable bonds is 11. The maximum absolute atomic E-state index is 14.4. The van der Waals surface area contributed by atoms with Crippen molar-refractivity contribution < 1.29 is 32.7 Å². The number of hydrogen-bond donors (Lipinski definition) is 3. The Balaban J connectivity index is 1.81. The first kappa shape index (κ1) is 30.3. The summed E-state index contributed by atoms with van der Waals surface area (Å²) in [5.41, 5.74) is 0.121. The second-order valence-electron chi connectivity index (χ2n) is 9.63. The third kappa shape index (κ3) is 7.32. The SMILES string of the molecule is N#Cc1ccnc(NC(CCC(=O)O)C(=O)N(c2cncc(F)c2)[C@H](C(=O)NC2CC(F)(F)C2)c2ccccc2Cl)c1. The molecule has 0 spiro atoms. The maximum Gasteiger partial charge on any atom is 0.303 e. The van der Waals surface area contributed by atoms with E-state index < -0.39 is 66.9 Å². The fourth-order valence-electron chi connectivity index (χ4n) is 4.52. The quantitative estimate of drug-likeness (QED) is 0.292. The van der Waals surface area contributed by atoms with Crippen LogP contribution < -0.4 is 15.5 Å². The summed E-state index contributed by atoms with van der Waals surface area (Å²) in [5, 5.41) is 24.0. The molecule has 14 heteroatoms. The van der Waals surface area contributed by atoms with Crippen molar-refractivity contribution in [2.24, 2.45) is 0 Å². The van der Waals surface area contributed by atoms with Crippen molar-refractivity contribution in [2.75, 3.05) is 10.2 Å². The molecule has 3 N–H and O–H groups in total. The molecule has 1 saturated carbocycles. The highest BCUT2D eigenvalue weighted by molar-refractivity contribution is 6.31. The van der Waals surface area contributed by atoms with Gasteiger partial charge in [-0.25, -0.2) is 18.2 Å². The third-order valence-electron chi connectivity index (χ3n) is 6.50. The molecule has 1 fully saturated rings. The number of benzene rings is 1. The molecular weight excluding hydrogens is 577 g/mol. The van der Waals surface area contributed by atoms with Crippen molar-refractivity contribution in [3.05, 3.63) is 83.0 Å². The van der Waals surface area contributed by atoms with Crippen LogP contribution in [0.3, 0.4) is 0 Å². The number of carboxylic acids is 1. The van der Waals surface area contributed by atoms with Gasteiger partial charge >= 0.3 is 5.97 Å². The number of aromatic nitrogens is 2. The summed E-state index contributed by atoms with van der Waals surface area (Å²) in [7, 11) is 0. The average molecular weight is 601 g/mol. The number of hydrogen-bond acceptors (Lipinski definition) is 7. The van der Waals surface area contributed by atoms with Gasteiger partial charge in [-0.15, -0.1) is 0 Å². The summed E-state index contributed by atoms with van der Waals surface area (Å²) in [6, 6.07) is 7.81. The minimum atomic E-state index is -2.95. The predicted molar refractivity (Wildman–Crippen MR) is 145 cm³/mol. The molecular formula is C28H24ClF3N6O4. The smallest absolute Gasteiger partial charge is 0.303 e. The Morgan fingerprint density at radius 2 is 1.93 bits per heavy atom. The van der Waals surface area contributed by atoms with Crippen molar-refractivity contribution in [1.29, 1.82) is 5.26 Å². The second-order valence-corrected chi connectivity index (χ2v) is 10.0. The van der Waals surface area contributed by atoms with E-state index in [0.29, 0.717) is 0 Å². The van der Waals surface area contributed by atoms with Crippen molar-refractivity contribution in [2.45, 2.75) is 49.7 Å². The summed E-state index contributed by atoms with van der Waals surface area (Å²) in [6.07, 6.45) is 1.31. The van der Waals surface area contributed by atoms with Crippen LogP contribution in [0.4, 0.5) is 24.7 Å². The normalized spacial score (nSPS) is 15.4. The van der Waals surface area contributed by atoms with Crippen molar-refractivity contribution >= 4 is 40.9 Å². The number of nitrogens with one attached hydrogen (secondary N) is 2. The molecule has 10 nitrogen and oxygen atoms in total. The molecule has 42 heavy (non-hydrogen) atoms. The molecule has 0 radical (unpaired) electrons. The Bertz CT molecular complexity index is 1530. The topological polar surface area (TPSA) is 148 Å². The lowest BCUT2D eigenvalue weighted by Crippen LogP contribution is -2.55. The zero-order valence-electron chi connectivity index (χ0n) is 21.8. The number of carbonyl (C=O) groups excluding carboxylic acids is 2. The van der Waals surface area contributed by atoms with E-state index in [4.69, 9.17) is 11.6 Å². The number of nitriles is 1. The highest BCUT2D eigenvalue weighted by Gasteiger charge is 2.47. The van der Waals surface area contributed by atoms with Gasteiger partial charge in [0.25, 0.3) is 11.8 Å². The first-order valence-electron chi connectivity index (χ1n) is 12.7. The Morgan fingerprint density at radius 1 is 1.19 bits per heavy atom. The lowest BCUT2D eigenvalue weighted by Gasteiger charge is -2.39. The Kier molecular flexibility index (Phi) is 9.27. The molecule has 0 bridgehead atoms. The minimum absolute atomic E-state index is 0.0529. The molecule has 1 aromatic carbocycles. The van der Waals surface area contributed by atoms with E-state index in [1.165, 1.54) is 30.5 Å². The number of anilines is 2. The largest absolute Gasteiger partial charge is 0.481 e. The standard InChI is InChI=1S/C28H24ClF3N6O4/c29-21-4-2-1-3-20(21)25(26(41)36-18-11-28(31,32)12-18)38(19-10-17(30)14-34-15-19)27(42)22(5-6-24(39)40)37-23-9-16(13-33)7-8-35-23/h1-4,7-10,14-15,18,22,25H,5-6,11-12H2,(H,35,37)(H,36,41)(H,39,40)/t22?,25-/m0/s1. The molecule has 4 rings (SSSR count). The molecule has 2 heterocycles. The number of carboxylic acid groups (broad SMARTS) is 1. The van der Waals surface area contributed by atoms with Gasteiger partial charge in [-0.3, -0.25) is 24.3 Å². The molecule has 0 aliphatic heterocycles. The summed E-state index contributed by atoms with van der Waals surface area (Å²) >= 11 is 6.44. The molecule has 2 atom stereocenters. The van der Waals surface area contributed by atoms with Gasteiger partial charge in [0.1, 0.15) is 23.7 Å². The van der Waals surface area contributed by atoms with Crippen LogP contribution in [0.2, 0.25) is 5.02 Å². The number of nitrogens with zero attached hydrogens (tertiary/aromatic N) is 4. The van der Waals surface area contributed by atoms with Crippen LogP contribution in [0.1, 0.15) is 42.9 Å². The average Bonchev–Trinajstić information content (AvgIpc) is 2.93. The summed E-state index contributed by atoms with van der Waals surface area (Å²) in [4.78, 5) is 48.3. The number of halogens is 4. The van der Waals surface area contributed by atoms with Gasteiger partial charge in [-0.05, 0) is 24.6 Å². The molecule has 218 valence electrons. The monoisotopic (exact) mass is 600 g/mol. The molecule has 3 aromatic rings. The van der Waals surface area contributed by atoms with Crippen LogP contribution in [0.25, 0.3) is 0 Å². The molecule has 1 aliphatic rings. The van der Waals surface area contributed by atoms with Gasteiger partial charge in [0.15, 0.2) is 0 Å². The Labute approximate surface area is 243 Å². The fraction of sp³-hybridized carbons (Fsp3) is 0.286. The summed E-state index contributed by atoms with van der Waals surface area (Å²) in [5.74, 6) is -6.73.